The van der Waals surface area contributed by atoms with E-state index < -0.39 is 11.8 Å². The molecular weight excluding hydrogens is 292 g/mol. The minimum absolute atomic E-state index is 0.110. The van der Waals surface area contributed by atoms with Crippen LogP contribution in [0.1, 0.15) is 17.3 Å². The van der Waals surface area contributed by atoms with Crippen LogP contribution in [0.5, 0.6) is 11.5 Å². The zero-order valence-electron chi connectivity index (χ0n) is 8.99. The van der Waals surface area contributed by atoms with Crippen LogP contribution in [0, 0.1) is 0 Å². The number of ketones is 1. The van der Waals surface area contributed by atoms with Crippen molar-refractivity contribution in [1.29, 1.82) is 0 Å². The van der Waals surface area contributed by atoms with Crippen molar-refractivity contribution < 1.29 is 23.8 Å². The van der Waals surface area contributed by atoms with E-state index in [1.165, 1.54) is 6.07 Å². The molecule has 1 aromatic carbocycles. The minimum Gasteiger partial charge on any atom is -0.460 e. The molecule has 0 N–H and O–H groups in total. The first kappa shape index (κ1) is 11.9. The number of benzene rings is 1. The predicted octanol–water partition coefficient (Wildman–Crippen LogP) is 1.92. The maximum Gasteiger partial charge on any atom is 0.379 e. The van der Waals surface area contributed by atoms with Gasteiger partial charge in [-0.1, -0.05) is 0 Å². The molecule has 0 atom stereocenters. The normalized spacial score (nSPS) is 12.4. The number of Topliss-reactive ketones (excluding diaryl/α,β-unsaturated/α-hetero) is 1. The van der Waals surface area contributed by atoms with Gasteiger partial charge in [0.1, 0.15) is 0 Å². The summed E-state index contributed by atoms with van der Waals surface area (Å²) in [6, 6.07) is 3.06. The largest absolute Gasteiger partial charge is 0.460 e. The van der Waals surface area contributed by atoms with Crippen molar-refractivity contribution in [2.75, 3.05) is 13.4 Å². The molecule has 0 fully saturated rings. The van der Waals surface area contributed by atoms with Gasteiger partial charge in [0.2, 0.25) is 6.79 Å². The Kier molecular flexibility index (Phi) is 3.33. The summed E-state index contributed by atoms with van der Waals surface area (Å²) in [6.07, 6.45) is 0. The minimum atomic E-state index is -0.882. The van der Waals surface area contributed by atoms with Crippen LogP contribution in [0.3, 0.4) is 0 Å². The molecule has 0 aromatic heterocycles. The Morgan fingerprint density at radius 2 is 2.00 bits per heavy atom. The highest BCUT2D eigenvalue weighted by atomic mass is 79.9. The van der Waals surface area contributed by atoms with Gasteiger partial charge in [-0.15, -0.1) is 0 Å². The number of hydrogen-bond donors (Lipinski definition) is 0. The van der Waals surface area contributed by atoms with E-state index >= 15 is 0 Å². The molecule has 0 bridgehead atoms. The second-order valence-electron chi connectivity index (χ2n) is 3.23. The van der Waals surface area contributed by atoms with E-state index in [9.17, 15) is 9.59 Å². The number of rotatable bonds is 3. The zero-order chi connectivity index (χ0) is 12.4. The Morgan fingerprint density at radius 3 is 2.65 bits per heavy atom. The average molecular weight is 301 g/mol. The molecule has 0 unspecified atom stereocenters. The number of ether oxygens (including phenoxy) is 3. The lowest BCUT2D eigenvalue weighted by Crippen LogP contribution is -2.17. The monoisotopic (exact) mass is 300 g/mol. The van der Waals surface area contributed by atoms with Gasteiger partial charge in [0.15, 0.2) is 11.5 Å². The van der Waals surface area contributed by atoms with Gasteiger partial charge < -0.3 is 14.2 Å². The van der Waals surface area contributed by atoms with Crippen LogP contribution < -0.4 is 9.47 Å². The van der Waals surface area contributed by atoms with Crippen molar-refractivity contribution in [1.82, 2.24) is 0 Å². The lowest BCUT2D eigenvalue weighted by atomic mass is 10.1. The van der Waals surface area contributed by atoms with Crippen molar-refractivity contribution in [3.63, 3.8) is 0 Å². The topological polar surface area (TPSA) is 61.8 Å². The van der Waals surface area contributed by atoms with Gasteiger partial charge in [-0.05, 0) is 35.0 Å². The first-order valence-electron chi connectivity index (χ1n) is 4.94. The van der Waals surface area contributed by atoms with Gasteiger partial charge >= 0.3 is 5.97 Å². The quantitative estimate of drug-likeness (QED) is 0.485. The first-order chi connectivity index (χ1) is 8.13. The van der Waals surface area contributed by atoms with Crippen LogP contribution in [0.2, 0.25) is 0 Å². The molecule has 1 aliphatic rings. The van der Waals surface area contributed by atoms with E-state index in [1.807, 2.05) is 0 Å². The Balaban J connectivity index is 2.33. The molecule has 0 saturated heterocycles. The Hall–Kier alpha value is -1.56. The molecule has 5 nitrogen and oxygen atoms in total. The van der Waals surface area contributed by atoms with E-state index in [1.54, 1.807) is 13.0 Å². The Bertz CT molecular complexity index is 483. The second-order valence-corrected chi connectivity index (χ2v) is 4.09. The van der Waals surface area contributed by atoms with Crippen LogP contribution in [-0.4, -0.2) is 25.2 Å². The van der Waals surface area contributed by atoms with E-state index in [-0.39, 0.29) is 19.0 Å². The van der Waals surface area contributed by atoms with Gasteiger partial charge in [0.25, 0.3) is 5.78 Å². The molecule has 2 rings (SSSR count). The number of fused-ring (bicyclic) bond motifs is 1. The maximum absolute atomic E-state index is 11.8. The van der Waals surface area contributed by atoms with E-state index in [0.717, 1.165) is 0 Å². The summed E-state index contributed by atoms with van der Waals surface area (Å²) in [4.78, 5) is 23.1. The smallest absolute Gasteiger partial charge is 0.379 e. The van der Waals surface area contributed by atoms with Crippen molar-refractivity contribution >= 4 is 27.7 Å². The summed E-state index contributed by atoms with van der Waals surface area (Å²) in [5.74, 6) is -0.609. The highest BCUT2D eigenvalue weighted by Gasteiger charge is 2.24. The molecule has 0 radical (unpaired) electrons. The molecule has 17 heavy (non-hydrogen) atoms. The van der Waals surface area contributed by atoms with Gasteiger partial charge in [-0.25, -0.2) is 4.79 Å². The number of esters is 1. The summed E-state index contributed by atoms with van der Waals surface area (Å²) in [5, 5.41) is 0. The fourth-order valence-corrected chi connectivity index (χ4v) is 1.90. The highest BCUT2D eigenvalue weighted by Crippen LogP contribution is 2.37. The molecule has 0 amide bonds. The van der Waals surface area contributed by atoms with Crippen LogP contribution in [0.15, 0.2) is 16.6 Å². The summed E-state index contributed by atoms with van der Waals surface area (Å²) < 4.78 is 15.4. The van der Waals surface area contributed by atoms with Crippen molar-refractivity contribution in [3.8, 4) is 11.5 Å². The van der Waals surface area contributed by atoms with E-state index in [2.05, 4.69) is 20.7 Å². The number of carbonyl (C=O) groups excluding carboxylic acids is 2. The fourth-order valence-electron chi connectivity index (χ4n) is 1.40. The molecule has 6 heteroatoms. The van der Waals surface area contributed by atoms with Crippen LogP contribution in [-0.2, 0) is 9.53 Å². The number of hydrogen-bond acceptors (Lipinski definition) is 5. The Labute approximate surface area is 106 Å². The van der Waals surface area contributed by atoms with Gasteiger partial charge in [-0.3, -0.25) is 4.79 Å². The summed E-state index contributed by atoms with van der Waals surface area (Å²) in [5.41, 5.74) is 0.202. The summed E-state index contributed by atoms with van der Waals surface area (Å²) in [7, 11) is 0. The van der Waals surface area contributed by atoms with Crippen molar-refractivity contribution in [2.45, 2.75) is 6.92 Å². The lowest BCUT2D eigenvalue weighted by molar-refractivity contribution is -0.137. The third-order valence-corrected chi connectivity index (χ3v) is 2.82. The number of carbonyl (C=O) groups is 2. The third kappa shape index (κ3) is 2.26. The van der Waals surface area contributed by atoms with Gasteiger partial charge in [-0.2, -0.15) is 0 Å². The predicted molar refractivity (Wildman–Crippen MR) is 61.2 cm³/mol. The zero-order valence-corrected chi connectivity index (χ0v) is 10.6. The molecule has 1 heterocycles. The standard InChI is InChI=1S/C11H9BrO5/c1-2-15-11(14)10(13)6-3-8-9(4-7(6)12)17-5-16-8/h3-4H,2,5H2,1H3. The van der Waals surface area contributed by atoms with E-state index in [0.29, 0.717) is 16.0 Å². The number of halogens is 1. The van der Waals surface area contributed by atoms with Gasteiger partial charge in [0, 0.05) is 10.0 Å². The molecule has 1 aromatic rings. The molecule has 1 aliphatic heterocycles. The van der Waals surface area contributed by atoms with Crippen molar-refractivity contribution in [2.24, 2.45) is 0 Å². The highest BCUT2D eigenvalue weighted by molar-refractivity contribution is 9.10. The van der Waals surface area contributed by atoms with Crippen molar-refractivity contribution in [3.05, 3.63) is 22.2 Å². The molecular formula is C11H9BrO5. The average Bonchev–Trinajstić information content (AvgIpc) is 2.74. The second kappa shape index (κ2) is 4.75. The molecule has 0 spiro atoms. The molecule has 0 saturated carbocycles. The first-order valence-corrected chi connectivity index (χ1v) is 5.73. The van der Waals surface area contributed by atoms with E-state index in [4.69, 9.17) is 9.47 Å². The third-order valence-electron chi connectivity index (χ3n) is 2.17. The maximum atomic E-state index is 11.8. The summed E-state index contributed by atoms with van der Waals surface area (Å²) in [6.45, 7) is 1.91. The molecule has 90 valence electrons. The van der Waals surface area contributed by atoms with Crippen LogP contribution in [0.4, 0.5) is 0 Å². The lowest BCUT2D eigenvalue weighted by Gasteiger charge is -2.05. The molecule has 0 aliphatic carbocycles. The summed E-state index contributed by atoms with van der Waals surface area (Å²) >= 11 is 3.21. The SMILES string of the molecule is CCOC(=O)C(=O)c1cc2c(cc1Br)OCO2. The van der Waals surface area contributed by atoms with Gasteiger partial charge in [0.05, 0.1) is 6.61 Å². The Morgan fingerprint density at radius 1 is 1.35 bits per heavy atom. The van der Waals surface area contributed by atoms with Crippen LogP contribution >= 0.6 is 15.9 Å². The fraction of sp³-hybridized carbons (Fsp3) is 0.273. The van der Waals surface area contributed by atoms with Crippen LogP contribution in [0.25, 0.3) is 0 Å².